The van der Waals surface area contributed by atoms with E-state index < -0.39 is 21.9 Å². The van der Waals surface area contributed by atoms with Crippen molar-refractivity contribution in [3.05, 3.63) is 94.1 Å². The zero-order chi connectivity index (χ0) is 28.0. The zero-order valence-electron chi connectivity index (χ0n) is 21.0. The van der Waals surface area contributed by atoms with E-state index in [1.54, 1.807) is 24.3 Å². The fourth-order valence-corrected chi connectivity index (χ4v) is 7.71. The Bertz CT molecular complexity index is 1920. The van der Waals surface area contributed by atoms with Gasteiger partial charge in [0.1, 0.15) is 10.9 Å². The quantitative estimate of drug-likeness (QED) is 0.237. The lowest BCUT2D eigenvalue weighted by molar-refractivity contribution is -0.140. The summed E-state index contributed by atoms with van der Waals surface area (Å²) >= 11 is 7.37. The molecule has 1 unspecified atom stereocenters. The molecule has 7 nitrogen and oxygen atoms in total. The fraction of sp³-hybridized carbons (Fsp3) is 0.133. The maximum Gasteiger partial charge on any atom is 0.308 e. The number of rotatable bonds is 6. The predicted molar refractivity (Wildman–Crippen MR) is 157 cm³/mol. The summed E-state index contributed by atoms with van der Waals surface area (Å²) in [6.07, 6.45) is 0.538. The van der Waals surface area contributed by atoms with Crippen LogP contribution < -0.4 is 4.90 Å². The molecule has 0 saturated carbocycles. The van der Waals surface area contributed by atoms with Gasteiger partial charge in [-0.3, -0.25) is 4.79 Å². The Hall–Kier alpha value is -4.10. The number of nitriles is 1. The standard InChI is InChI=1S/C30H22ClN3O4S2/c31-21-8-10-23(11-9-21)40(37,38)34-26-7-2-1-6-24(26)28(25-13-15-39-27(25)17-32)29(34)19-4-3-5-22(16-19)33-14-12-20(18-33)30(35)36/h1-11,13,15-16,20H,12,14,18H2,(H,35,36). The highest BCUT2D eigenvalue weighted by Gasteiger charge is 2.31. The molecule has 10 heteroatoms. The molecule has 1 atom stereocenters. The van der Waals surface area contributed by atoms with Gasteiger partial charge in [-0.25, -0.2) is 12.4 Å². The summed E-state index contributed by atoms with van der Waals surface area (Å²) in [5.74, 6) is -1.28. The second kappa shape index (κ2) is 10.1. The number of aromatic nitrogens is 1. The number of carboxylic acid groups (broad SMARTS) is 1. The number of thiophene rings is 1. The number of carbonyl (C=O) groups is 1. The molecule has 1 fully saturated rings. The van der Waals surface area contributed by atoms with E-state index >= 15 is 0 Å². The number of hydrogen-bond acceptors (Lipinski definition) is 6. The molecule has 1 aliphatic rings. The zero-order valence-corrected chi connectivity index (χ0v) is 23.4. The normalized spacial score (nSPS) is 15.4. The molecule has 0 amide bonds. The van der Waals surface area contributed by atoms with E-state index in [0.29, 0.717) is 62.7 Å². The summed E-state index contributed by atoms with van der Waals surface area (Å²) in [7, 11) is -4.12. The van der Waals surface area contributed by atoms with E-state index in [1.165, 1.54) is 27.4 Å². The van der Waals surface area contributed by atoms with Crippen molar-refractivity contribution in [2.24, 2.45) is 5.92 Å². The Labute approximate surface area is 240 Å². The molecule has 0 aliphatic carbocycles. The van der Waals surface area contributed by atoms with Gasteiger partial charge in [0, 0.05) is 45.9 Å². The van der Waals surface area contributed by atoms with Crippen molar-refractivity contribution in [3.63, 3.8) is 0 Å². The van der Waals surface area contributed by atoms with Crippen LogP contribution >= 0.6 is 22.9 Å². The van der Waals surface area contributed by atoms with Gasteiger partial charge in [-0.15, -0.1) is 11.3 Å². The molecular weight excluding hydrogens is 566 g/mol. The van der Waals surface area contributed by atoms with E-state index in [2.05, 4.69) is 6.07 Å². The topological polar surface area (TPSA) is 103 Å². The maximum atomic E-state index is 14.3. The van der Waals surface area contributed by atoms with Crippen LogP contribution in [0.5, 0.6) is 0 Å². The minimum atomic E-state index is -4.12. The molecular formula is C30H22ClN3O4S2. The average Bonchev–Trinajstić information content (AvgIpc) is 3.70. The summed E-state index contributed by atoms with van der Waals surface area (Å²) in [4.78, 5) is 14.2. The summed E-state index contributed by atoms with van der Waals surface area (Å²) in [5, 5.41) is 22.3. The third kappa shape index (κ3) is 4.34. The molecule has 1 N–H and O–H groups in total. The molecule has 0 spiro atoms. The van der Waals surface area contributed by atoms with E-state index in [0.717, 1.165) is 5.69 Å². The summed E-state index contributed by atoms with van der Waals surface area (Å²) in [6.45, 7) is 0.962. The lowest BCUT2D eigenvalue weighted by atomic mass is 9.98. The molecule has 3 aromatic carbocycles. The first-order valence-corrected chi connectivity index (χ1v) is 15.2. The van der Waals surface area contributed by atoms with Crippen LogP contribution in [-0.4, -0.2) is 36.6 Å². The fourth-order valence-electron chi connectivity index (χ4n) is 5.35. The number of nitrogens with zero attached hydrogens (tertiary/aromatic N) is 3. The predicted octanol–water partition coefficient (Wildman–Crippen LogP) is 6.71. The first-order chi connectivity index (χ1) is 19.3. The van der Waals surface area contributed by atoms with Gasteiger partial charge in [0.05, 0.1) is 22.0 Å². The van der Waals surface area contributed by atoms with Crippen molar-refractivity contribution in [3.8, 4) is 28.5 Å². The van der Waals surface area contributed by atoms with E-state index in [4.69, 9.17) is 11.6 Å². The molecule has 5 aromatic rings. The van der Waals surface area contributed by atoms with Crippen LogP contribution in [0, 0.1) is 17.2 Å². The summed E-state index contributed by atoms with van der Waals surface area (Å²) in [5.41, 5.74) is 3.65. The highest BCUT2D eigenvalue weighted by atomic mass is 35.5. The van der Waals surface area contributed by atoms with Gasteiger partial charge in [-0.2, -0.15) is 5.26 Å². The van der Waals surface area contributed by atoms with Gasteiger partial charge in [0.25, 0.3) is 10.0 Å². The Morgan fingerprint density at radius 2 is 1.82 bits per heavy atom. The molecule has 2 aromatic heterocycles. The molecule has 3 heterocycles. The third-order valence-corrected chi connectivity index (χ3v) is 10.0. The Kier molecular flexibility index (Phi) is 6.62. The van der Waals surface area contributed by atoms with Crippen LogP contribution in [0.4, 0.5) is 5.69 Å². The lowest BCUT2D eigenvalue weighted by Gasteiger charge is -2.20. The van der Waals surface area contributed by atoms with Gasteiger partial charge >= 0.3 is 5.97 Å². The largest absolute Gasteiger partial charge is 0.481 e. The van der Waals surface area contributed by atoms with Crippen LogP contribution in [0.25, 0.3) is 33.3 Å². The maximum absolute atomic E-state index is 14.3. The number of halogens is 1. The summed E-state index contributed by atoms with van der Waals surface area (Å²) < 4.78 is 30.0. The van der Waals surface area contributed by atoms with Crippen molar-refractivity contribution in [1.29, 1.82) is 5.26 Å². The molecule has 1 saturated heterocycles. The van der Waals surface area contributed by atoms with Crippen molar-refractivity contribution >= 4 is 55.5 Å². The molecule has 0 radical (unpaired) electrons. The van der Waals surface area contributed by atoms with Crippen molar-refractivity contribution in [1.82, 2.24) is 3.97 Å². The van der Waals surface area contributed by atoms with Gasteiger partial charge in [0.2, 0.25) is 0 Å². The molecule has 0 bridgehead atoms. The number of aliphatic carboxylic acids is 1. The van der Waals surface area contributed by atoms with Crippen molar-refractivity contribution < 1.29 is 18.3 Å². The summed E-state index contributed by atoms with van der Waals surface area (Å²) in [6, 6.07) is 24.9. The second-order valence-corrected chi connectivity index (χ2v) is 12.7. The number of para-hydroxylation sites is 1. The van der Waals surface area contributed by atoms with Crippen molar-refractivity contribution in [2.45, 2.75) is 11.3 Å². The number of fused-ring (bicyclic) bond motifs is 1. The molecule has 1 aliphatic heterocycles. The molecule has 200 valence electrons. The van der Waals surface area contributed by atoms with Crippen LogP contribution in [-0.2, 0) is 14.8 Å². The number of anilines is 1. The van der Waals surface area contributed by atoms with E-state index in [-0.39, 0.29) is 4.90 Å². The van der Waals surface area contributed by atoms with Crippen molar-refractivity contribution in [2.75, 3.05) is 18.0 Å². The van der Waals surface area contributed by atoms with Crippen LogP contribution in [0.3, 0.4) is 0 Å². The van der Waals surface area contributed by atoms with E-state index in [1.807, 2.05) is 52.7 Å². The average molecular weight is 588 g/mol. The van der Waals surface area contributed by atoms with Crippen LogP contribution in [0.15, 0.2) is 89.1 Å². The smallest absolute Gasteiger partial charge is 0.308 e. The first kappa shape index (κ1) is 26.1. The Morgan fingerprint density at radius 3 is 2.55 bits per heavy atom. The van der Waals surface area contributed by atoms with Crippen LogP contribution in [0.1, 0.15) is 11.3 Å². The number of benzene rings is 3. The highest BCUT2D eigenvalue weighted by molar-refractivity contribution is 7.90. The SMILES string of the molecule is N#Cc1sccc1-c1c(-c2cccc(N3CCC(C(=O)O)C3)c2)n(S(=O)(=O)c2ccc(Cl)cc2)c2ccccc12. The monoisotopic (exact) mass is 587 g/mol. The van der Waals surface area contributed by atoms with E-state index in [9.17, 15) is 23.6 Å². The Morgan fingerprint density at radius 1 is 1.05 bits per heavy atom. The third-order valence-electron chi connectivity index (χ3n) is 7.24. The molecule has 6 rings (SSSR count). The van der Waals surface area contributed by atoms with Gasteiger partial charge in [0.15, 0.2) is 0 Å². The Balaban J connectivity index is 1.66. The lowest BCUT2D eigenvalue weighted by Crippen LogP contribution is -2.22. The highest BCUT2D eigenvalue weighted by Crippen LogP contribution is 2.45. The van der Waals surface area contributed by atoms with Crippen LogP contribution in [0.2, 0.25) is 5.02 Å². The number of carboxylic acids is 1. The number of hydrogen-bond donors (Lipinski definition) is 1. The molecule has 40 heavy (non-hydrogen) atoms. The second-order valence-electron chi connectivity index (χ2n) is 9.56. The first-order valence-electron chi connectivity index (χ1n) is 12.5. The minimum Gasteiger partial charge on any atom is -0.481 e. The minimum absolute atomic E-state index is 0.0799. The van der Waals surface area contributed by atoms with Gasteiger partial charge in [-0.05, 0) is 60.3 Å². The van der Waals surface area contributed by atoms with Gasteiger partial charge in [-0.1, -0.05) is 41.9 Å². The van der Waals surface area contributed by atoms with Gasteiger partial charge < -0.3 is 10.0 Å².